The standard InChI is InChI=1S/C5H13N2OP/c9-8-4-5-3-6-1-2-7-5/h5-7H,1-4,9H2. The molecule has 0 radical (unpaired) electrons. The summed E-state index contributed by atoms with van der Waals surface area (Å²) < 4.78 is 4.90. The number of hydrogen-bond acceptors (Lipinski definition) is 3. The molecular formula is C5H13N2OP. The van der Waals surface area contributed by atoms with Crippen molar-refractivity contribution in [2.75, 3.05) is 26.2 Å². The minimum Gasteiger partial charge on any atom is -0.364 e. The van der Waals surface area contributed by atoms with Gasteiger partial charge in [-0.2, -0.15) is 0 Å². The van der Waals surface area contributed by atoms with Crippen LogP contribution < -0.4 is 10.6 Å². The van der Waals surface area contributed by atoms with Crippen molar-refractivity contribution in [2.45, 2.75) is 6.04 Å². The average Bonchev–Trinajstić information content (AvgIpc) is 1.91. The molecular weight excluding hydrogens is 135 g/mol. The molecule has 1 heterocycles. The van der Waals surface area contributed by atoms with Gasteiger partial charge in [-0.05, 0) is 0 Å². The largest absolute Gasteiger partial charge is 0.364 e. The van der Waals surface area contributed by atoms with Crippen LogP contribution >= 0.6 is 9.47 Å². The van der Waals surface area contributed by atoms with E-state index >= 15 is 0 Å². The monoisotopic (exact) mass is 148 g/mol. The van der Waals surface area contributed by atoms with Crippen molar-refractivity contribution in [2.24, 2.45) is 0 Å². The molecule has 1 fully saturated rings. The lowest BCUT2D eigenvalue weighted by Crippen LogP contribution is -2.50. The summed E-state index contributed by atoms with van der Waals surface area (Å²) in [6.45, 7) is 3.93. The highest BCUT2D eigenvalue weighted by molar-refractivity contribution is 7.09. The van der Waals surface area contributed by atoms with Crippen molar-refractivity contribution in [3.05, 3.63) is 0 Å². The van der Waals surface area contributed by atoms with Crippen LogP contribution in [0.2, 0.25) is 0 Å². The molecule has 0 aromatic carbocycles. The molecule has 0 aliphatic carbocycles. The second-order valence-corrected chi connectivity index (χ2v) is 2.52. The third-order valence-electron chi connectivity index (χ3n) is 1.42. The molecule has 4 heteroatoms. The Morgan fingerprint density at radius 2 is 2.44 bits per heavy atom. The van der Waals surface area contributed by atoms with Crippen LogP contribution in [-0.4, -0.2) is 32.3 Å². The van der Waals surface area contributed by atoms with Crippen LogP contribution in [0.3, 0.4) is 0 Å². The maximum atomic E-state index is 4.90. The van der Waals surface area contributed by atoms with E-state index in [0.717, 1.165) is 26.2 Å². The van der Waals surface area contributed by atoms with Gasteiger partial charge in [-0.25, -0.2) is 0 Å². The Balaban J connectivity index is 2.08. The molecule has 0 spiro atoms. The maximum Gasteiger partial charge on any atom is 0.0667 e. The molecule has 1 aliphatic rings. The van der Waals surface area contributed by atoms with Gasteiger partial charge in [-0.15, -0.1) is 0 Å². The number of nitrogens with one attached hydrogen (secondary N) is 2. The normalized spacial score (nSPS) is 28.3. The van der Waals surface area contributed by atoms with Gasteiger partial charge in [0.25, 0.3) is 0 Å². The minimum absolute atomic E-state index is 0.497. The predicted molar refractivity (Wildman–Crippen MR) is 40.3 cm³/mol. The predicted octanol–water partition coefficient (Wildman–Crippen LogP) is -0.646. The summed E-state index contributed by atoms with van der Waals surface area (Å²) in [5, 5.41) is 6.59. The lowest BCUT2D eigenvalue weighted by Gasteiger charge is -2.23. The zero-order valence-electron chi connectivity index (χ0n) is 5.39. The molecule has 3 nitrogen and oxygen atoms in total. The summed E-state index contributed by atoms with van der Waals surface area (Å²) in [6, 6.07) is 0.497. The van der Waals surface area contributed by atoms with Crippen molar-refractivity contribution in [3.8, 4) is 0 Å². The first-order valence-corrected chi connectivity index (χ1v) is 3.66. The Kier molecular flexibility index (Phi) is 3.44. The molecule has 9 heavy (non-hydrogen) atoms. The SMILES string of the molecule is POCC1CNCCN1. The van der Waals surface area contributed by atoms with E-state index in [0.29, 0.717) is 6.04 Å². The van der Waals surface area contributed by atoms with Gasteiger partial charge in [0.15, 0.2) is 0 Å². The van der Waals surface area contributed by atoms with Gasteiger partial charge < -0.3 is 15.2 Å². The lowest BCUT2D eigenvalue weighted by atomic mass is 10.2. The average molecular weight is 148 g/mol. The smallest absolute Gasteiger partial charge is 0.0667 e. The molecule has 54 valence electrons. The third-order valence-corrected chi connectivity index (χ3v) is 1.62. The van der Waals surface area contributed by atoms with E-state index in [2.05, 4.69) is 20.1 Å². The molecule has 2 unspecified atom stereocenters. The van der Waals surface area contributed by atoms with Gasteiger partial charge in [0.05, 0.1) is 6.61 Å². The molecule has 0 aromatic rings. The van der Waals surface area contributed by atoms with Crippen LogP contribution in [0, 0.1) is 0 Å². The Labute approximate surface area is 57.8 Å². The van der Waals surface area contributed by atoms with Crippen molar-refractivity contribution in [3.63, 3.8) is 0 Å². The number of piperazine rings is 1. The first-order chi connectivity index (χ1) is 4.43. The zero-order valence-corrected chi connectivity index (χ0v) is 6.55. The quantitative estimate of drug-likeness (QED) is 0.511. The van der Waals surface area contributed by atoms with Gasteiger partial charge in [0.2, 0.25) is 0 Å². The van der Waals surface area contributed by atoms with Gasteiger partial charge in [0.1, 0.15) is 0 Å². The second kappa shape index (κ2) is 4.18. The number of rotatable bonds is 2. The van der Waals surface area contributed by atoms with E-state index in [-0.39, 0.29) is 0 Å². The van der Waals surface area contributed by atoms with Crippen molar-refractivity contribution in [1.82, 2.24) is 10.6 Å². The first-order valence-electron chi connectivity index (χ1n) is 3.19. The van der Waals surface area contributed by atoms with Crippen LogP contribution in [0.15, 0.2) is 0 Å². The first kappa shape index (κ1) is 7.42. The molecule has 0 amide bonds. The molecule has 1 saturated heterocycles. The molecule has 0 saturated carbocycles. The van der Waals surface area contributed by atoms with Gasteiger partial charge in [0, 0.05) is 35.1 Å². The van der Waals surface area contributed by atoms with Crippen LogP contribution in [-0.2, 0) is 4.52 Å². The number of hydrogen-bond donors (Lipinski definition) is 2. The summed E-state index contributed by atoms with van der Waals surface area (Å²) in [6.07, 6.45) is 0. The summed E-state index contributed by atoms with van der Waals surface area (Å²) in [4.78, 5) is 0. The van der Waals surface area contributed by atoms with Crippen molar-refractivity contribution in [1.29, 1.82) is 0 Å². The van der Waals surface area contributed by atoms with Crippen LogP contribution in [0.4, 0.5) is 0 Å². The minimum atomic E-state index is 0.497. The van der Waals surface area contributed by atoms with Gasteiger partial charge >= 0.3 is 0 Å². The fourth-order valence-electron chi connectivity index (χ4n) is 0.947. The fraction of sp³-hybridized carbons (Fsp3) is 1.00. The van der Waals surface area contributed by atoms with E-state index in [1.54, 1.807) is 0 Å². The third kappa shape index (κ3) is 2.59. The van der Waals surface area contributed by atoms with E-state index < -0.39 is 0 Å². The Bertz CT molecular complexity index is 72.6. The highest BCUT2D eigenvalue weighted by Crippen LogP contribution is 1.91. The van der Waals surface area contributed by atoms with E-state index in [1.807, 2.05) is 0 Å². The summed E-state index contributed by atoms with van der Waals surface area (Å²) in [5.41, 5.74) is 0. The van der Waals surface area contributed by atoms with Crippen LogP contribution in [0.1, 0.15) is 0 Å². The molecule has 2 atom stereocenters. The Hall–Kier alpha value is 0.310. The van der Waals surface area contributed by atoms with E-state index in [1.165, 1.54) is 0 Å². The van der Waals surface area contributed by atoms with Gasteiger partial charge in [-0.1, -0.05) is 0 Å². The Morgan fingerprint density at radius 3 is 3.00 bits per heavy atom. The summed E-state index contributed by atoms with van der Waals surface area (Å²) in [5.74, 6) is 0. The highest BCUT2D eigenvalue weighted by Gasteiger charge is 2.09. The summed E-state index contributed by atoms with van der Waals surface area (Å²) in [7, 11) is 2.26. The van der Waals surface area contributed by atoms with E-state index in [9.17, 15) is 0 Å². The van der Waals surface area contributed by atoms with E-state index in [4.69, 9.17) is 4.52 Å². The van der Waals surface area contributed by atoms with Crippen molar-refractivity contribution < 1.29 is 4.52 Å². The molecule has 0 bridgehead atoms. The van der Waals surface area contributed by atoms with Crippen LogP contribution in [0.25, 0.3) is 0 Å². The topological polar surface area (TPSA) is 33.3 Å². The van der Waals surface area contributed by atoms with Gasteiger partial charge in [-0.3, -0.25) is 0 Å². The lowest BCUT2D eigenvalue weighted by molar-refractivity contribution is 0.277. The van der Waals surface area contributed by atoms with Crippen LogP contribution in [0.5, 0.6) is 0 Å². The zero-order chi connectivity index (χ0) is 6.53. The maximum absolute atomic E-state index is 4.90. The second-order valence-electron chi connectivity index (χ2n) is 2.19. The molecule has 1 aliphatic heterocycles. The fourth-order valence-corrected chi connectivity index (χ4v) is 1.18. The highest BCUT2D eigenvalue weighted by atomic mass is 31.0. The summed E-state index contributed by atoms with van der Waals surface area (Å²) >= 11 is 0. The Morgan fingerprint density at radius 1 is 1.56 bits per heavy atom. The molecule has 0 aromatic heterocycles. The molecule has 2 N–H and O–H groups in total. The van der Waals surface area contributed by atoms with Crippen molar-refractivity contribution >= 4 is 9.47 Å². The molecule has 1 rings (SSSR count).